The molecule has 0 aliphatic rings. The standard InChI is InChI=1S/C21H27NO4/c1-22(2)14-17-25-20(24)21(26-16-9-15-23,18-10-5-3-6-11-18)19-12-7-4-8-13-19/h3-8,10-13,23H,9,14-17H2,1-2H3. The van der Waals surface area contributed by atoms with Crippen molar-refractivity contribution >= 4 is 5.97 Å². The van der Waals surface area contributed by atoms with Gasteiger partial charge >= 0.3 is 5.97 Å². The van der Waals surface area contributed by atoms with Crippen LogP contribution < -0.4 is 0 Å². The predicted molar refractivity (Wildman–Crippen MR) is 101 cm³/mol. The molecule has 0 aromatic heterocycles. The maximum absolute atomic E-state index is 13.2. The Balaban J connectivity index is 2.44. The molecule has 5 nitrogen and oxygen atoms in total. The van der Waals surface area contributed by atoms with E-state index in [4.69, 9.17) is 14.6 Å². The van der Waals surface area contributed by atoms with E-state index in [2.05, 4.69) is 0 Å². The molecular formula is C21H27NO4. The summed E-state index contributed by atoms with van der Waals surface area (Å²) in [5.41, 5.74) is 0.0577. The highest BCUT2D eigenvalue weighted by molar-refractivity contribution is 5.85. The Kier molecular flexibility index (Phi) is 7.78. The monoisotopic (exact) mass is 357 g/mol. The molecule has 140 valence electrons. The van der Waals surface area contributed by atoms with Crippen molar-refractivity contribution in [2.75, 3.05) is 40.5 Å². The number of hydrogen-bond donors (Lipinski definition) is 1. The van der Waals surface area contributed by atoms with Gasteiger partial charge in [-0.05, 0) is 31.6 Å². The zero-order chi connectivity index (χ0) is 18.8. The third kappa shape index (κ3) is 4.91. The minimum absolute atomic E-state index is 0.00463. The number of aliphatic hydroxyl groups excluding tert-OH is 1. The molecule has 5 heteroatoms. The van der Waals surface area contributed by atoms with Crippen LogP contribution in [0.2, 0.25) is 0 Å². The molecule has 2 aromatic carbocycles. The van der Waals surface area contributed by atoms with Crippen LogP contribution in [0.25, 0.3) is 0 Å². The van der Waals surface area contributed by atoms with E-state index in [9.17, 15) is 4.79 Å². The van der Waals surface area contributed by atoms with E-state index in [0.717, 1.165) is 0 Å². The van der Waals surface area contributed by atoms with Gasteiger partial charge in [-0.25, -0.2) is 4.79 Å². The Morgan fingerprint density at radius 3 is 1.96 bits per heavy atom. The summed E-state index contributed by atoms with van der Waals surface area (Å²) in [4.78, 5) is 15.2. The van der Waals surface area contributed by atoms with Crippen LogP contribution >= 0.6 is 0 Å². The molecule has 0 heterocycles. The lowest BCUT2D eigenvalue weighted by Gasteiger charge is -2.33. The summed E-state index contributed by atoms with van der Waals surface area (Å²) < 4.78 is 11.7. The summed E-state index contributed by atoms with van der Waals surface area (Å²) in [6.45, 7) is 1.14. The van der Waals surface area contributed by atoms with Crippen molar-refractivity contribution in [2.45, 2.75) is 12.0 Å². The molecular weight excluding hydrogens is 330 g/mol. The molecule has 26 heavy (non-hydrogen) atoms. The lowest BCUT2D eigenvalue weighted by molar-refractivity contribution is -0.169. The van der Waals surface area contributed by atoms with Gasteiger partial charge in [-0.3, -0.25) is 0 Å². The molecule has 0 unspecified atom stereocenters. The van der Waals surface area contributed by atoms with Crippen molar-refractivity contribution in [3.8, 4) is 0 Å². The Morgan fingerprint density at radius 2 is 1.50 bits per heavy atom. The number of benzene rings is 2. The number of likely N-dealkylation sites (N-methyl/N-ethyl adjacent to an activating group) is 1. The molecule has 2 aromatic rings. The zero-order valence-electron chi connectivity index (χ0n) is 15.4. The average Bonchev–Trinajstić information content (AvgIpc) is 2.66. The first-order valence-corrected chi connectivity index (χ1v) is 8.79. The van der Waals surface area contributed by atoms with Gasteiger partial charge in [-0.15, -0.1) is 0 Å². The van der Waals surface area contributed by atoms with Crippen molar-refractivity contribution < 1.29 is 19.4 Å². The molecule has 0 bridgehead atoms. The van der Waals surface area contributed by atoms with Crippen molar-refractivity contribution in [1.29, 1.82) is 0 Å². The summed E-state index contributed by atoms with van der Waals surface area (Å²) in [5.74, 6) is -0.449. The van der Waals surface area contributed by atoms with Gasteiger partial charge in [-0.1, -0.05) is 60.7 Å². The molecule has 1 N–H and O–H groups in total. The highest BCUT2D eigenvalue weighted by atomic mass is 16.6. The van der Waals surface area contributed by atoms with Crippen LogP contribution in [0.15, 0.2) is 60.7 Å². The van der Waals surface area contributed by atoms with Crippen LogP contribution in [0, 0.1) is 0 Å². The van der Waals surface area contributed by atoms with E-state index in [1.165, 1.54) is 0 Å². The molecule has 2 rings (SSSR count). The van der Waals surface area contributed by atoms with Gasteiger partial charge in [-0.2, -0.15) is 0 Å². The maximum atomic E-state index is 13.2. The summed E-state index contributed by atoms with van der Waals surface area (Å²) in [5, 5.41) is 9.14. The second kappa shape index (κ2) is 10.1. The van der Waals surface area contributed by atoms with E-state index in [1.807, 2.05) is 79.7 Å². The summed E-state index contributed by atoms with van der Waals surface area (Å²) in [6, 6.07) is 18.7. The summed E-state index contributed by atoms with van der Waals surface area (Å²) >= 11 is 0. The fourth-order valence-electron chi connectivity index (χ4n) is 2.69. The topological polar surface area (TPSA) is 59.0 Å². The van der Waals surface area contributed by atoms with Crippen molar-refractivity contribution in [2.24, 2.45) is 0 Å². The average molecular weight is 357 g/mol. The minimum atomic E-state index is -1.36. The molecule has 0 saturated heterocycles. The van der Waals surface area contributed by atoms with E-state index in [0.29, 0.717) is 24.1 Å². The van der Waals surface area contributed by atoms with E-state index in [1.54, 1.807) is 0 Å². The molecule has 0 fully saturated rings. The number of hydrogen-bond acceptors (Lipinski definition) is 5. The van der Waals surface area contributed by atoms with Crippen molar-refractivity contribution in [1.82, 2.24) is 4.90 Å². The Morgan fingerprint density at radius 1 is 0.962 bits per heavy atom. The lowest BCUT2D eigenvalue weighted by Crippen LogP contribution is -2.42. The maximum Gasteiger partial charge on any atom is 0.347 e. The van der Waals surface area contributed by atoms with Gasteiger partial charge in [0.05, 0.1) is 6.61 Å². The normalized spacial score (nSPS) is 11.5. The van der Waals surface area contributed by atoms with Crippen LogP contribution in [0.3, 0.4) is 0 Å². The smallest absolute Gasteiger partial charge is 0.347 e. The first-order valence-electron chi connectivity index (χ1n) is 8.79. The van der Waals surface area contributed by atoms with Gasteiger partial charge in [0.2, 0.25) is 5.60 Å². The quantitative estimate of drug-likeness (QED) is 0.523. The number of esters is 1. The van der Waals surface area contributed by atoms with Crippen LogP contribution in [-0.2, 0) is 19.9 Å². The highest BCUT2D eigenvalue weighted by Gasteiger charge is 2.45. The third-order valence-electron chi connectivity index (χ3n) is 4.04. The molecule has 0 aliphatic heterocycles. The Labute approximate surface area is 155 Å². The predicted octanol–water partition coefficient (Wildman–Crippen LogP) is 2.43. The Bertz CT molecular complexity index is 619. The van der Waals surface area contributed by atoms with Gasteiger partial charge in [0.25, 0.3) is 0 Å². The molecule has 0 amide bonds. The van der Waals surface area contributed by atoms with Crippen molar-refractivity contribution in [3.05, 3.63) is 71.8 Å². The van der Waals surface area contributed by atoms with Crippen molar-refractivity contribution in [3.63, 3.8) is 0 Å². The first kappa shape index (κ1) is 20.1. The van der Waals surface area contributed by atoms with Gasteiger partial charge in [0, 0.05) is 13.2 Å². The summed E-state index contributed by atoms with van der Waals surface area (Å²) in [7, 11) is 3.85. The molecule has 0 radical (unpaired) electrons. The molecule has 0 aliphatic carbocycles. The second-order valence-electron chi connectivity index (χ2n) is 6.28. The lowest BCUT2D eigenvalue weighted by atomic mass is 9.86. The second-order valence-corrected chi connectivity index (χ2v) is 6.28. The van der Waals surface area contributed by atoms with Gasteiger partial charge < -0.3 is 19.5 Å². The van der Waals surface area contributed by atoms with Gasteiger partial charge in [0.15, 0.2) is 0 Å². The zero-order valence-corrected chi connectivity index (χ0v) is 15.4. The number of rotatable bonds is 10. The van der Waals surface area contributed by atoms with Gasteiger partial charge in [0.1, 0.15) is 6.61 Å². The van der Waals surface area contributed by atoms with Crippen LogP contribution in [0.5, 0.6) is 0 Å². The third-order valence-corrected chi connectivity index (χ3v) is 4.04. The summed E-state index contributed by atoms with van der Waals surface area (Å²) in [6.07, 6.45) is 0.437. The van der Waals surface area contributed by atoms with Crippen LogP contribution in [0.1, 0.15) is 17.5 Å². The number of carbonyl (C=O) groups excluding carboxylic acids is 1. The molecule has 0 saturated carbocycles. The Hall–Kier alpha value is -2.21. The fraction of sp³-hybridized carbons (Fsp3) is 0.381. The number of aliphatic hydroxyl groups is 1. The first-order chi connectivity index (χ1) is 12.6. The fourth-order valence-corrected chi connectivity index (χ4v) is 2.69. The SMILES string of the molecule is CN(C)CCOC(=O)C(OCCCO)(c1ccccc1)c1ccccc1. The molecule has 0 spiro atoms. The number of ether oxygens (including phenoxy) is 2. The highest BCUT2D eigenvalue weighted by Crippen LogP contribution is 2.35. The number of nitrogens with zero attached hydrogens (tertiary/aromatic N) is 1. The van der Waals surface area contributed by atoms with Crippen LogP contribution in [0.4, 0.5) is 0 Å². The number of carbonyl (C=O) groups is 1. The van der Waals surface area contributed by atoms with E-state index in [-0.39, 0.29) is 19.8 Å². The molecule has 0 atom stereocenters. The largest absolute Gasteiger partial charge is 0.462 e. The van der Waals surface area contributed by atoms with Crippen LogP contribution in [-0.4, -0.2) is 56.4 Å². The van der Waals surface area contributed by atoms with E-state index < -0.39 is 11.6 Å². The minimum Gasteiger partial charge on any atom is -0.462 e. The van der Waals surface area contributed by atoms with E-state index >= 15 is 0 Å².